The first-order chi connectivity index (χ1) is 27.6. The maximum absolute atomic E-state index is 11.2. The van der Waals surface area contributed by atoms with Gasteiger partial charge in [0.15, 0.2) is 12.6 Å². The van der Waals surface area contributed by atoms with Crippen LogP contribution < -0.4 is 0 Å². The summed E-state index contributed by atoms with van der Waals surface area (Å²) in [5, 5.41) is 72.9. The van der Waals surface area contributed by atoms with Gasteiger partial charge in [-0.3, -0.25) is 0 Å². The molecule has 0 radical (unpaired) electrons. The van der Waals surface area contributed by atoms with Gasteiger partial charge in [-0.25, -0.2) is 0 Å². The quantitative estimate of drug-likeness (QED) is 0.0305. The Bertz CT molecular complexity index is 908. The van der Waals surface area contributed by atoms with Crippen molar-refractivity contribution in [2.45, 2.75) is 274 Å². The van der Waals surface area contributed by atoms with E-state index in [0.717, 1.165) is 44.4 Å². The van der Waals surface area contributed by atoms with Gasteiger partial charge < -0.3 is 54.7 Å². The van der Waals surface area contributed by atoms with E-state index >= 15 is 0 Å². The Morgan fingerprint density at radius 1 is 0.421 bits per heavy atom. The van der Waals surface area contributed by atoms with Crippen LogP contribution in [0.1, 0.15) is 207 Å². The molecule has 0 aliphatic carbocycles. The van der Waals surface area contributed by atoms with Crippen molar-refractivity contribution in [2.24, 2.45) is 5.92 Å². The van der Waals surface area contributed by atoms with Gasteiger partial charge >= 0.3 is 0 Å². The van der Waals surface area contributed by atoms with E-state index in [1.54, 1.807) is 0 Å². The number of hydrogen-bond acceptors (Lipinski definition) is 11. The highest BCUT2D eigenvalue weighted by Gasteiger charge is 2.51. The second-order valence-corrected chi connectivity index (χ2v) is 17.9. The van der Waals surface area contributed by atoms with Gasteiger partial charge in [0.1, 0.15) is 48.8 Å². The molecule has 340 valence electrons. The summed E-state index contributed by atoms with van der Waals surface area (Å²) >= 11 is 0. The van der Waals surface area contributed by atoms with Crippen LogP contribution in [0, 0.1) is 5.92 Å². The molecule has 11 nitrogen and oxygen atoms in total. The van der Waals surface area contributed by atoms with Crippen molar-refractivity contribution < 1.29 is 54.7 Å². The minimum absolute atomic E-state index is 0.183. The lowest BCUT2D eigenvalue weighted by atomic mass is 9.96. The van der Waals surface area contributed by atoms with Crippen LogP contribution in [-0.4, -0.2) is 116 Å². The molecule has 2 aliphatic heterocycles. The number of hydrogen-bond donors (Lipinski definition) is 7. The summed E-state index contributed by atoms with van der Waals surface area (Å²) in [7, 11) is 0. The zero-order valence-electron chi connectivity index (χ0n) is 36.6. The second kappa shape index (κ2) is 33.2. The average molecular weight is 819 g/mol. The largest absolute Gasteiger partial charge is 0.394 e. The minimum atomic E-state index is -1.70. The maximum atomic E-state index is 11.2. The van der Waals surface area contributed by atoms with Crippen molar-refractivity contribution in [2.75, 3.05) is 13.2 Å². The summed E-state index contributed by atoms with van der Waals surface area (Å²) in [5.41, 5.74) is 0. The fraction of sp³-hybridized carbons (Fsp3) is 1.00. The smallest absolute Gasteiger partial charge is 0.187 e. The average Bonchev–Trinajstić information content (AvgIpc) is 3.20. The molecule has 0 spiro atoms. The highest BCUT2D eigenvalue weighted by Crippen LogP contribution is 2.31. The third-order valence-corrected chi connectivity index (χ3v) is 12.2. The summed E-state index contributed by atoms with van der Waals surface area (Å²) in [6.45, 7) is 5.65. The van der Waals surface area contributed by atoms with Gasteiger partial charge in [-0.05, 0) is 18.8 Å². The molecule has 57 heavy (non-hydrogen) atoms. The van der Waals surface area contributed by atoms with Gasteiger partial charge in [0, 0.05) is 0 Å². The van der Waals surface area contributed by atoms with Gasteiger partial charge in [-0.1, -0.05) is 194 Å². The van der Waals surface area contributed by atoms with Crippen molar-refractivity contribution >= 4 is 0 Å². The Labute approximate surface area is 347 Å². The first-order valence-electron chi connectivity index (χ1n) is 23.9. The summed E-state index contributed by atoms with van der Waals surface area (Å²) in [4.78, 5) is 0. The molecule has 0 saturated carbocycles. The molecule has 0 bridgehead atoms. The van der Waals surface area contributed by atoms with Crippen molar-refractivity contribution in [1.82, 2.24) is 0 Å². The monoisotopic (exact) mass is 819 g/mol. The zero-order valence-corrected chi connectivity index (χ0v) is 36.6. The molecule has 0 aromatic rings. The van der Waals surface area contributed by atoms with Crippen LogP contribution in [0.15, 0.2) is 0 Å². The summed E-state index contributed by atoms with van der Waals surface area (Å²) in [6.07, 6.45) is 21.6. The molecule has 2 heterocycles. The molecule has 2 rings (SSSR count). The minimum Gasteiger partial charge on any atom is -0.394 e. The van der Waals surface area contributed by atoms with Crippen LogP contribution in [0.5, 0.6) is 0 Å². The lowest BCUT2D eigenvalue weighted by Crippen LogP contribution is -2.64. The van der Waals surface area contributed by atoms with Crippen molar-refractivity contribution in [3.8, 4) is 0 Å². The van der Waals surface area contributed by atoms with E-state index < -0.39 is 74.6 Å². The first-order valence-corrected chi connectivity index (χ1v) is 23.9. The molecule has 2 aliphatic rings. The molecule has 11 unspecified atom stereocenters. The molecule has 11 heteroatoms. The van der Waals surface area contributed by atoms with Crippen LogP contribution in [0.25, 0.3) is 0 Å². The third-order valence-electron chi connectivity index (χ3n) is 12.2. The molecule has 11 atom stereocenters. The summed E-state index contributed by atoms with van der Waals surface area (Å²) in [6, 6.07) is 0. The van der Waals surface area contributed by atoms with Crippen LogP contribution in [0.3, 0.4) is 0 Å². The Balaban J connectivity index is 1.80. The fourth-order valence-electron chi connectivity index (χ4n) is 8.40. The Morgan fingerprint density at radius 2 is 0.789 bits per heavy atom. The molecular weight excluding hydrogens is 728 g/mol. The van der Waals surface area contributed by atoms with Crippen LogP contribution in [-0.2, 0) is 18.9 Å². The van der Waals surface area contributed by atoms with Gasteiger partial charge in [0.05, 0.1) is 19.3 Å². The Hall–Kier alpha value is -0.440. The van der Waals surface area contributed by atoms with Gasteiger partial charge in [0.25, 0.3) is 0 Å². The first kappa shape index (κ1) is 52.7. The van der Waals surface area contributed by atoms with E-state index in [0.29, 0.717) is 0 Å². The molecule has 0 amide bonds. The van der Waals surface area contributed by atoms with Crippen LogP contribution in [0.4, 0.5) is 0 Å². The molecule has 2 fully saturated rings. The van der Waals surface area contributed by atoms with Crippen molar-refractivity contribution in [3.63, 3.8) is 0 Å². The molecular formula is C46H90O11. The van der Waals surface area contributed by atoms with E-state index in [2.05, 4.69) is 20.8 Å². The van der Waals surface area contributed by atoms with E-state index in [1.165, 1.54) is 148 Å². The van der Waals surface area contributed by atoms with E-state index in [9.17, 15) is 35.7 Å². The van der Waals surface area contributed by atoms with Gasteiger partial charge in [-0.15, -0.1) is 0 Å². The number of rotatable bonds is 36. The second-order valence-electron chi connectivity index (χ2n) is 17.9. The molecule has 0 aromatic heterocycles. The van der Waals surface area contributed by atoms with Crippen molar-refractivity contribution in [1.29, 1.82) is 0 Å². The standard InChI is InChI=1S/C46H90O11/c1-4-5-6-7-8-9-10-11-12-16-19-22-25-28-31-36(32-29-26-23-20-17-14-13-15-18-21-24-27-30-35(2)3)54-45-43(53)41(51)44(38(34-48)56-45)57-46-42(52)40(50)39(49)37(33-47)55-46/h35-53H,4-34H2,1-3H3. The SMILES string of the molecule is CCCCCCCCCCCCCCCCC(CCCCCCCCCCCCCCC(C)C)OC1OC(CO)C(OC2OC(CO)C(O)C(O)C2O)C(O)C1O. The molecule has 0 aromatic carbocycles. The summed E-state index contributed by atoms with van der Waals surface area (Å²) < 4.78 is 23.6. The van der Waals surface area contributed by atoms with Crippen LogP contribution >= 0.6 is 0 Å². The Morgan fingerprint density at radius 3 is 1.19 bits per heavy atom. The van der Waals surface area contributed by atoms with Crippen molar-refractivity contribution in [3.05, 3.63) is 0 Å². The van der Waals surface area contributed by atoms with Gasteiger partial charge in [0.2, 0.25) is 0 Å². The van der Waals surface area contributed by atoms with E-state index in [4.69, 9.17) is 18.9 Å². The van der Waals surface area contributed by atoms with Gasteiger partial charge in [-0.2, -0.15) is 0 Å². The summed E-state index contributed by atoms with van der Waals surface area (Å²) in [5.74, 6) is 0.816. The predicted molar refractivity (Wildman–Crippen MR) is 226 cm³/mol. The van der Waals surface area contributed by atoms with Crippen LogP contribution in [0.2, 0.25) is 0 Å². The lowest BCUT2D eigenvalue weighted by molar-refractivity contribution is -0.363. The number of aliphatic hydroxyl groups excluding tert-OH is 7. The number of unbranched alkanes of at least 4 members (excludes halogenated alkanes) is 24. The Kier molecular flexibility index (Phi) is 30.7. The molecule has 7 N–H and O–H groups in total. The predicted octanol–water partition coefficient (Wildman–Crippen LogP) is 7.98. The van der Waals surface area contributed by atoms with E-state index in [1.807, 2.05) is 0 Å². The molecule has 2 saturated heterocycles. The highest BCUT2D eigenvalue weighted by atomic mass is 16.7. The fourth-order valence-corrected chi connectivity index (χ4v) is 8.40. The van der Waals surface area contributed by atoms with E-state index in [-0.39, 0.29) is 6.10 Å². The topological polar surface area (TPSA) is 179 Å². The lowest BCUT2D eigenvalue weighted by Gasteiger charge is -2.46. The maximum Gasteiger partial charge on any atom is 0.187 e. The third kappa shape index (κ3) is 22.3. The normalized spacial score (nSPS) is 28.7. The zero-order chi connectivity index (χ0) is 41.7. The number of ether oxygens (including phenoxy) is 4. The highest BCUT2D eigenvalue weighted by molar-refractivity contribution is 4.94. The number of aliphatic hydroxyl groups is 7.